The molecule has 0 aromatic heterocycles. The van der Waals surface area contributed by atoms with Crippen molar-refractivity contribution in [3.05, 3.63) is 35.4 Å². The molecule has 0 saturated carbocycles. The molecule has 0 saturated heterocycles. The van der Waals surface area contributed by atoms with E-state index in [4.69, 9.17) is 10.8 Å². The molecule has 0 spiro atoms. The van der Waals surface area contributed by atoms with Crippen LogP contribution in [0.25, 0.3) is 0 Å². The van der Waals surface area contributed by atoms with Crippen LogP contribution in [0.5, 0.6) is 0 Å². The van der Waals surface area contributed by atoms with Crippen molar-refractivity contribution in [2.45, 2.75) is 12.2 Å². The summed E-state index contributed by atoms with van der Waals surface area (Å²) in [4.78, 5) is 21.3. The maximum Gasteiger partial charge on any atom is 0.335 e. The van der Waals surface area contributed by atoms with E-state index in [0.717, 1.165) is 0 Å². The van der Waals surface area contributed by atoms with E-state index in [1.165, 1.54) is 24.3 Å². The van der Waals surface area contributed by atoms with E-state index in [-0.39, 0.29) is 11.1 Å². The minimum Gasteiger partial charge on any atom is -0.478 e. The zero-order chi connectivity index (χ0) is 12.3. The molecule has 1 rings (SSSR count). The molecule has 16 heavy (non-hydrogen) atoms. The topological polar surface area (TPSA) is 121 Å². The van der Waals surface area contributed by atoms with Gasteiger partial charge in [-0.1, -0.05) is 12.1 Å². The van der Waals surface area contributed by atoms with Crippen LogP contribution in [0.4, 0.5) is 0 Å². The van der Waals surface area contributed by atoms with Crippen LogP contribution in [0.3, 0.4) is 0 Å². The summed E-state index contributed by atoms with van der Waals surface area (Å²) in [5.41, 5.74) is 4.88. The van der Waals surface area contributed by atoms with Gasteiger partial charge in [0.2, 0.25) is 5.91 Å². The van der Waals surface area contributed by atoms with Gasteiger partial charge >= 0.3 is 5.97 Å². The Morgan fingerprint density at radius 3 is 2.38 bits per heavy atom. The summed E-state index contributed by atoms with van der Waals surface area (Å²) in [6.45, 7) is 0. The third kappa shape index (κ3) is 2.56. The van der Waals surface area contributed by atoms with Crippen LogP contribution in [-0.4, -0.2) is 33.3 Å². The van der Waals surface area contributed by atoms with E-state index in [9.17, 15) is 19.8 Å². The molecule has 0 heterocycles. The van der Waals surface area contributed by atoms with Crippen molar-refractivity contribution in [1.82, 2.24) is 0 Å². The van der Waals surface area contributed by atoms with Crippen LogP contribution in [0, 0.1) is 0 Å². The number of carbonyl (C=O) groups is 2. The smallest absolute Gasteiger partial charge is 0.335 e. The molecular formula is C10H11NO5. The van der Waals surface area contributed by atoms with E-state index >= 15 is 0 Å². The zero-order valence-corrected chi connectivity index (χ0v) is 8.20. The Kier molecular flexibility index (Phi) is 3.60. The third-order valence-electron chi connectivity index (χ3n) is 2.07. The first kappa shape index (κ1) is 12.2. The molecule has 2 atom stereocenters. The number of benzene rings is 1. The van der Waals surface area contributed by atoms with Crippen LogP contribution in [0.2, 0.25) is 0 Å². The number of hydrogen-bond acceptors (Lipinski definition) is 4. The summed E-state index contributed by atoms with van der Waals surface area (Å²) in [6.07, 6.45) is -3.29. The van der Waals surface area contributed by atoms with Gasteiger partial charge in [-0.25, -0.2) is 4.79 Å². The van der Waals surface area contributed by atoms with Crippen LogP contribution in [0.15, 0.2) is 24.3 Å². The summed E-state index contributed by atoms with van der Waals surface area (Å²) in [5.74, 6) is -2.24. The lowest BCUT2D eigenvalue weighted by molar-refractivity contribution is -0.131. The Labute approximate surface area is 90.9 Å². The Morgan fingerprint density at radius 2 is 1.88 bits per heavy atom. The fourth-order valence-electron chi connectivity index (χ4n) is 1.19. The molecule has 0 radical (unpaired) electrons. The average Bonchev–Trinajstić information content (AvgIpc) is 2.27. The lowest BCUT2D eigenvalue weighted by atomic mass is 10.0. The normalized spacial score (nSPS) is 14.1. The molecule has 2 unspecified atom stereocenters. The fraction of sp³-hybridized carbons (Fsp3) is 0.200. The SMILES string of the molecule is NC(=O)C(O)C(O)c1cccc(C(=O)O)c1. The van der Waals surface area contributed by atoms with Crippen LogP contribution in [-0.2, 0) is 4.79 Å². The Morgan fingerprint density at radius 1 is 1.25 bits per heavy atom. The fourth-order valence-corrected chi connectivity index (χ4v) is 1.19. The van der Waals surface area contributed by atoms with E-state index in [1.807, 2.05) is 0 Å². The standard InChI is InChI=1S/C10H11NO5/c11-9(14)8(13)7(12)5-2-1-3-6(4-5)10(15)16/h1-4,7-8,12-13H,(H2,11,14)(H,15,16). The van der Waals surface area contributed by atoms with Gasteiger partial charge < -0.3 is 21.1 Å². The van der Waals surface area contributed by atoms with Gasteiger partial charge in [0.05, 0.1) is 5.56 Å². The second kappa shape index (κ2) is 4.73. The van der Waals surface area contributed by atoms with Gasteiger partial charge in [-0.15, -0.1) is 0 Å². The summed E-state index contributed by atoms with van der Waals surface area (Å²) < 4.78 is 0. The number of rotatable bonds is 4. The number of amides is 1. The van der Waals surface area contributed by atoms with Gasteiger partial charge in [-0.2, -0.15) is 0 Å². The van der Waals surface area contributed by atoms with Gasteiger partial charge in [-0.05, 0) is 17.7 Å². The highest BCUT2D eigenvalue weighted by Gasteiger charge is 2.23. The highest BCUT2D eigenvalue weighted by Crippen LogP contribution is 2.18. The van der Waals surface area contributed by atoms with Crippen molar-refractivity contribution < 1.29 is 24.9 Å². The molecule has 0 fully saturated rings. The van der Waals surface area contributed by atoms with E-state index in [2.05, 4.69) is 0 Å². The van der Waals surface area contributed by atoms with Gasteiger partial charge in [0.15, 0.2) is 6.10 Å². The largest absolute Gasteiger partial charge is 0.478 e. The second-order valence-corrected chi connectivity index (χ2v) is 3.22. The number of carboxylic acid groups (broad SMARTS) is 1. The first-order chi connectivity index (χ1) is 7.43. The van der Waals surface area contributed by atoms with Crippen molar-refractivity contribution in [3.8, 4) is 0 Å². The number of aliphatic hydroxyl groups is 2. The molecule has 1 aromatic rings. The minimum atomic E-state index is -1.76. The number of carbonyl (C=O) groups excluding carboxylic acids is 1. The quantitative estimate of drug-likeness (QED) is 0.538. The summed E-state index contributed by atoms with van der Waals surface area (Å²) in [7, 11) is 0. The van der Waals surface area contributed by atoms with Gasteiger partial charge in [0.25, 0.3) is 0 Å². The molecule has 1 amide bonds. The predicted octanol–water partition coefficient (Wildman–Crippen LogP) is -0.736. The molecule has 5 N–H and O–H groups in total. The Bertz CT molecular complexity index is 417. The molecule has 1 aromatic carbocycles. The van der Waals surface area contributed by atoms with Crippen molar-refractivity contribution in [3.63, 3.8) is 0 Å². The van der Waals surface area contributed by atoms with Crippen molar-refractivity contribution >= 4 is 11.9 Å². The van der Waals surface area contributed by atoms with E-state index in [1.54, 1.807) is 0 Å². The molecule has 0 aliphatic rings. The average molecular weight is 225 g/mol. The van der Waals surface area contributed by atoms with Crippen molar-refractivity contribution in [2.24, 2.45) is 5.73 Å². The number of carboxylic acids is 1. The van der Waals surface area contributed by atoms with Gasteiger partial charge in [0.1, 0.15) is 6.10 Å². The maximum absolute atomic E-state index is 10.6. The molecule has 86 valence electrons. The predicted molar refractivity (Wildman–Crippen MR) is 53.6 cm³/mol. The second-order valence-electron chi connectivity index (χ2n) is 3.22. The van der Waals surface area contributed by atoms with Crippen LogP contribution in [0.1, 0.15) is 22.0 Å². The zero-order valence-electron chi connectivity index (χ0n) is 8.20. The van der Waals surface area contributed by atoms with Crippen LogP contribution < -0.4 is 5.73 Å². The molecule has 0 aliphatic carbocycles. The summed E-state index contributed by atoms with van der Waals surface area (Å²) >= 11 is 0. The monoisotopic (exact) mass is 225 g/mol. The molecular weight excluding hydrogens is 214 g/mol. The Balaban J connectivity index is 3.00. The first-order valence-electron chi connectivity index (χ1n) is 4.42. The number of primary amides is 1. The number of hydrogen-bond donors (Lipinski definition) is 4. The highest BCUT2D eigenvalue weighted by atomic mass is 16.4. The molecule has 6 nitrogen and oxygen atoms in total. The van der Waals surface area contributed by atoms with Crippen LogP contribution >= 0.6 is 0 Å². The number of aromatic carboxylic acids is 1. The number of nitrogens with two attached hydrogens (primary N) is 1. The highest BCUT2D eigenvalue weighted by molar-refractivity contribution is 5.87. The van der Waals surface area contributed by atoms with Gasteiger partial charge in [0, 0.05) is 0 Å². The summed E-state index contributed by atoms with van der Waals surface area (Å²) in [5, 5.41) is 27.4. The first-order valence-corrected chi connectivity index (χ1v) is 4.42. The van der Waals surface area contributed by atoms with Crippen molar-refractivity contribution in [2.75, 3.05) is 0 Å². The minimum absolute atomic E-state index is 0.0479. The summed E-state index contributed by atoms with van der Waals surface area (Å²) in [6, 6.07) is 5.29. The maximum atomic E-state index is 10.6. The lowest BCUT2D eigenvalue weighted by Crippen LogP contribution is -2.33. The molecule has 0 aliphatic heterocycles. The van der Waals surface area contributed by atoms with E-state index in [0.29, 0.717) is 0 Å². The van der Waals surface area contributed by atoms with Gasteiger partial charge in [-0.3, -0.25) is 4.79 Å². The lowest BCUT2D eigenvalue weighted by Gasteiger charge is -2.15. The molecule has 0 bridgehead atoms. The van der Waals surface area contributed by atoms with Crippen molar-refractivity contribution in [1.29, 1.82) is 0 Å². The van der Waals surface area contributed by atoms with E-state index < -0.39 is 24.1 Å². The third-order valence-corrected chi connectivity index (χ3v) is 2.07. The Hall–Kier alpha value is -1.92. The number of aliphatic hydroxyl groups excluding tert-OH is 2. The molecule has 6 heteroatoms.